The van der Waals surface area contributed by atoms with Crippen LogP contribution in [0.3, 0.4) is 0 Å². The first kappa shape index (κ1) is 21.0. The number of nitrogens with two attached hydrogens (primary N) is 1. The van der Waals surface area contributed by atoms with Gasteiger partial charge in [-0.05, 0) is 17.7 Å². The summed E-state index contributed by atoms with van der Waals surface area (Å²) in [6.45, 7) is 0. The number of hydrogen-bond donors (Lipinski definition) is 4. The minimum atomic E-state index is -3.59. The van der Waals surface area contributed by atoms with Gasteiger partial charge in [0, 0.05) is 23.6 Å². The first-order valence-electron chi connectivity index (χ1n) is 9.47. The van der Waals surface area contributed by atoms with Crippen molar-refractivity contribution in [3.8, 4) is 11.3 Å². The van der Waals surface area contributed by atoms with Crippen molar-refractivity contribution in [1.29, 1.82) is 0 Å². The highest BCUT2D eigenvalue weighted by Crippen LogP contribution is 2.29. The second kappa shape index (κ2) is 8.86. The number of aromatic amines is 1. The zero-order chi connectivity index (χ0) is 22.6. The van der Waals surface area contributed by atoms with Crippen LogP contribution >= 0.6 is 0 Å². The average molecular weight is 449 g/mol. The number of rotatable bonds is 8. The molecule has 0 saturated carbocycles. The maximum absolute atomic E-state index is 12.4. The number of primary amides is 1. The van der Waals surface area contributed by atoms with Gasteiger partial charge < -0.3 is 11.1 Å². The molecule has 0 atom stereocenters. The third kappa shape index (κ3) is 4.90. The van der Waals surface area contributed by atoms with Crippen LogP contribution < -0.4 is 15.8 Å². The number of hydrogen-bond acceptors (Lipinski definition) is 7. The number of benzene rings is 2. The number of nitrogens with zero attached hydrogens (tertiary/aromatic N) is 3. The lowest BCUT2D eigenvalue weighted by molar-refractivity contribution is 0.100. The molecule has 0 fully saturated rings. The highest BCUT2D eigenvalue weighted by molar-refractivity contribution is 7.91. The Hall–Kier alpha value is -4.25. The number of carbonyl (C=O) groups is 1. The lowest BCUT2D eigenvalue weighted by atomic mass is 10.1. The molecule has 2 heterocycles. The largest absolute Gasteiger partial charge is 0.365 e. The van der Waals surface area contributed by atoms with Crippen LogP contribution in [0.25, 0.3) is 11.3 Å². The molecular weight excluding hydrogens is 430 g/mol. The van der Waals surface area contributed by atoms with Crippen molar-refractivity contribution < 1.29 is 13.2 Å². The Kier molecular flexibility index (Phi) is 5.81. The van der Waals surface area contributed by atoms with Crippen molar-refractivity contribution in [1.82, 2.24) is 20.2 Å². The van der Waals surface area contributed by atoms with E-state index < -0.39 is 15.9 Å². The fourth-order valence-corrected chi connectivity index (χ4v) is 4.28. The first-order chi connectivity index (χ1) is 15.4. The standard InChI is InChI=1S/C21H19N7O3S/c22-20(29)18-19(26-27-21(18)25-17-12-23-10-11-24-17)15-6-8-16(9-7-15)28-32(30,31)13-14-4-2-1-3-5-14/h1-12,28H,13H2,(H2,22,29)(H2,24,25,26,27). The second-order valence-corrected chi connectivity index (χ2v) is 8.55. The van der Waals surface area contributed by atoms with Crippen LogP contribution in [-0.2, 0) is 15.8 Å². The summed E-state index contributed by atoms with van der Waals surface area (Å²) in [5, 5.41) is 9.86. The van der Waals surface area contributed by atoms with Gasteiger partial charge in [-0.2, -0.15) is 5.10 Å². The maximum Gasteiger partial charge on any atom is 0.254 e. The fraction of sp³-hybridized carbons (Fsp3) is 0.0476. The Morgan fingerprint density at radius 3 is 2.44 bits per heavy atom. The molecule has 4 aromatic rings. The van der Waals surface area contributed by atoms with Crippen LogP contribution in [-0.4, -0.2) is 34.5 Å². The van der Waals surface area contributed by atoms with E-state index in [0.717, 1.165) is 0 Å². The van der Waals surface area contributed by atoms with Gasteiger partial charge in [0.25, 0.3) is 5.91 Å². The van der Waals surface area contributed by atoms with Gasteiger partial charge in [-0.3, -0.25) is 19.6 Å². The molecule has 10 nitrogen and oxygen atoms in total. The number of carbonyl (C=O) groups excluding carboxylic acids is 1. The minimum absolute atomic E-state index is 0.141. The van der Waals surface area contributed by atoms with Crippen LogP contribution in [0, 0.1) is 0 Å². The Morgan fingerprint density at radius 2 is 1.78 bits per heavy atom. The third-order valence-corrected chi connectivity index (χ3v) is 5.72. The zero-order valence-electron chi connectivity index (χ0n) is 16.7. The van der Waals surface area contributed by atoms with Gasteiger partial charge in [-0.1, -0.05) is 42.5 Å². The van der Waals surface area contributed by atoms with Crippen molar-refractivity contribution in [2.45, 2.75) is 5.75 Å². The van der Waals surface area contributed by atoms with Gasteiger partial charge in [0.1, 0.15) is 22.9 Å². The Balaban J connectivity index is 1.54. The van der Waals surface area contributed by atoms with E-state index in [0.29, 0.717) is 28.3 Å². The monoisotopic (exact) mass is 449 g/mol. The lowest BCUT2D eigenvalue weighted by Crippen LogP contribution is -2.15. The highest BCUT2D eigenvalue weighted by Gasteiger charge is 2.20. The number of nitrogens with one attached hydrogen (secondary N) is 3. The molecule has 32 heavy (non-hydrogen) atoms. The second-order valence-electron chi connectivity index (χ2n) is 6.83. The molecule has 2 aromatic heterocycles. The molecule has 162 valence electrons. The number of sulfonamides is 1. The van der Waals surface area contributed by atoms with E-state index in [9.17, 15) is 13.2 Å². The molecule has 0 aliphatic rings. The SMILES string of the molecule is NC(=O)c1c(-c2ccc(NS(=O)(=O)Cc3ccccc3)cc2)n[nH]c1Nc1cnccn1. The van der Waals surface area contributed by atoms with E-state index in [1.807, 2.05) is 6.07 Å². The molecule has 0 unspecified atom stereocenters. The normalized spacial score (nSPS) is 11.1. The van der Waals surface area contributed by atoms with Gasteiger partial charge in [0.15, 0.2) is 0 Å². The van der Waals surface area contributed by atoms with Crippen LogP contribution in [0.2, 0.25) is 0 Å². The quantitative estimate of drug-likeness (QED) is 0.322. The summed E-state index contributed by atoms with van der Waals surface area (Å²) in [7, 11) is -3.59. The third-order valence-electron chi connectivity index (χ3n) is 4.46. The molecule has 4 rings (SSSR count). The molecule has 1 amide bonds. The average Bonchev–Trinajstić information content (AvgIpc) is 3.19. The van der Waals surface area contributed by atoms with E-state index in [2.05, 4.69) is 30.2 Å². The first-order valence-corrected chi connectivity index (χ1v) is 11.1. The van der Waals surface area contributed by atoms with E-state index in [-0.39, 0.29) is 17.1 Å². The van der Waals surface area contributed by atoms with Crippen molar-refractivity contribution >= 4 is 33.3 Å². The predicted molar refractivity (Wildman–Crippen MR) is 121 cm³/mol. The van der Waals surface area contributed by atoms with E-state index in [1.54, 1.807) is 48.5 Å². The number of aromatic nitrogens is 4. The Morgan fingerprint density at radius 1 is 1.03 bits per heavy atom. The van der Waals surface area contributed by atoms with Crippen molar-refractivity contribution in [2.24, 2.45) is 5.73 Å². The molecule has 0 bridgehead atoms. The summed E-state index contributed by atoms with van der Waals surface area (Å²) in [6, 6.07) is 15.4. The lowest BCUT2D eigenvalue weighted by Gasteiger charge is -2.09. The molecule has 0 saturated heterocycles. The maximum atomic E-state index is 12.4. The number of anilines is 3. The van der Waals surface area contributed by atoms with Gasteiger partial charge in [0.05, 0.1) is 11.9 Å². The van der Waals surface area contributed by atoms with Gasteiger partial charge >= 0.3 is 0 Å². The van der Waals surface area contributed by atoms with E-state index >= 15 is 0 Å². The van der Waals surface area contributed by atoms with Crippen LogP contribution in [0.5, 0.6) is 0 Å². The van der Waals surface area contributed by atoms with E-state index in [1.165, 1.54) is 18.6 Å². The van der Waals surface area contributed by atoms with Crippen molar-refractivity contribution in [3.63, 3.8) is 0 Å². The number of H-pyrrole nitrogens is 1. The Labute approximate surface area is 184 Å². The molecule has 2 aromatic carbocycles. The van der Waals surface area contributed by atoms with Crippen LogP contribution in [0.4, 0.5) is 17.3 Å². The summed E-state index contributed by atoms with van der Waals surface area (Å²) in [4.78, 5) is 20.1. The van der Waals surface area contributed by atoms with Crippen molar-refractivity contribution in [2.75, 3.05) is 10.0 Å². The van der Waals surface area contributed by atoms with E-state index in [4.69, 9.17) is 5.73 Å². The summed E-state index contributed by atoms with van der Waals surface area (Å²) in [6.07, 6.45) is 4.51. The molecule has 0 aliphatic carbocycles. The predicted octanol–water partition coefficient (Wildman–Crippen LogP) is 2.65. The van der Waals surface area contributed by atoms with Crippen molar-refractivity contribution in [3.05, 3.63) is 84.3 Å². The fourth-order valence-electron chi connectivity index (χ4n) is 3.08. The van der Waals surface area contributed by atoms with Gasteiger partial charge in [0.2, 0.25) is 10.0 Å². The molecular formula is C21H19N7O3S. The highest BCUT2D eigenvalue weighted by atomic mass is 32.2. The molecule has 0 radical (unpaired) electrons. The topological polar surface area (TPSA) is 156 Å². The van der Waals surface area contributed by atoms with Gasteiger partial charge in [-0.15, -0.1) is 0 Å². The minimum Gasteiger partial charge on any atom is -0.365 e. The smallest absolute Gasteiger partial charge is 0.254 e. The van der Waals surface area contributed by atoms with Gasteiger partial charge in [-0.25, -0.2) is 13.4 Å². The Bertz CT molecular complexity index is 1320. The summed E-state index contributed by atoms with van der Waals surface area (Å²) < 4.78 is 27.4. The molecule has 11 heteroatoms. The summed E-state index contributed by atoms with van der Waals surface area (Å²) in [5.74, 6) is -0.139. The summed E-state index contributed by atoms with van der Waals surface area (Å²) in [5.41, 5.74) is 7.69. The summed E-state index contributed by atoms with van der Waals surface area (Å²) >= 11 is 0. The van der Waals surface area contributed by atoms with Crippen LogP contribution in [0.15, 0.2) is 73.2 Å². The van der Waals surface area contributed by atoms with Crippen LogP contribution in [0.1, 0.15) is 15.9 Å². The molecule has 0 aliphatic heterocycles. The zero-order valence-corrected chi connectivity index (χ0v) is 17.5. The molecule has 5 N–H and O–H groups in total. The number of amides is 1. The molecule has 0 spiro atoms.